The van der Waals surface area contributed by atoms with Gasteiger partial charge >= 0.3 is 5.97 Å². The van der Waals surface area contributed by atoms with Crippen LogP contribution in [0.25, 0.3) is 0 Å². The van der Waals surface area contributed by atoms with E-state index in [4.69, 9.17) is 9.16 Å². The monoisotopic (exact) mass is 490 g/mol. The van der Waals surface area contributed by atoms with Crippen LogP contribution in [-0.4, -0.2) is 30.6 Å². The predicted molar refractivity (Wildman–Crippen MR) is 141 cm³/mol. The van der Waals surface area contributed by atoms with Crippen LogP contribution in [0.3, 0.4) is 0 Å². The predicted octanol–water partition coefficient (Wildman–Crippen LogP) is 8.02. The molecule has 0 saturated carbocycles. The van der Waals surface area contributed by atoms with Gasteiger partial charge < -0.3 is 9.16 Å². The Kier molecular flexibility index (Phi) is 9.13. The smallest absolute Gasteiger partial charge is 0.333 e. The SMILES string of the molecule is CC(C)(C)OC(=O)C(CCO[Si](C)(C)C(C)(C)C)(Sc1ccccc1)Sc1ccccc1. The van der Waals surface area contributed by atoms with Gasteiger partial charge in [-0.2, -0.15) is 0 Å². The number of carbonyl (C=O) groups excluding carboxylic acids is 1. The third-order valence-electron chi connectivity index (χ3n) is 5.46. The molecule has 0 aliphatic heterocycles. The lowest BCUT2D eigenvalue weighted by Gasteiger charge is -2.38. The van der Waals surface area contributed by atoms with Crippen molar-refractivity contribution in [3.05, 3.63) is 60.7 Å². The number of esters is 1. The Labute approximate surface area is 204 Å². The maximum absolute atomic E-state index is 13.7. The minimum absolute atomic E-state index is 0.112. The molecule has 0 aromatic heterocycles. The molecule has 0 radical (unpaired) electrons. The number of benzene rings is 2. The van der Waals surface area contributed by atoms with Crippen molar-refractivity contribution in [3.8, 4) is 0 Å². The second-order valence-corrected chi connectivity index (χ2v) is 18.3. The molecule has 0 aliphatic carbocycles. The van der Waals surface area contributed by atoms with Crippen LogP contribution in [0.5, 0.6) is 0 Å². The lowest BCUT2D eigenvalue weighted by atomic mass is 10.2. The van der Waals surface area contributed by atoms with Gasteiger partial charge in [0.2, 0.25) is 0 Å². The van der Waals surface area contributed by atoms with Crippen LogP contribution in [0.2, 0.25) is 18.1 Å². The molecule has 0 unspecified atom stereocenters. The summed E-state index contributed by atoms with van der Waals surface area (Å²) in [6, 6.07) is 20.2. The van der Waals surface area contributed by atoms with Gasteiger partial charge in [0.05, 0.1) is 0 Å². The summed E-state index contributed by atoms with van der Waals surface area (Å²) >= 11 is 3.12. The molecule has 6 heteroatoms. The zero-order chi connectivity index (χ0) is 24.0. The number of hydrogen-bond acceptors (Lipinski definition) is 5. The largest absolute Gasteiger partial charge is 0.458 e. The molecule has 0 spiro atoms. The van der Waals surface area contributed by atoms with E-state index in [1.807, 2.05) is 81.4 Å². The van der Waals surface area contributed by atoms with Gasteiger partial charge in [0.15, 0.2) is 12.4 Å². The van der Waals surface area contributed by atoms with Gasteiger partial charge in [0, 0.05) is 22.8 Å². The van der Waals surface area contributed by atoms with E-state index in [-0.39, 0.29) is 11.0 Å². The van der Waals surface area contributed by atoms with Gasteiger partial charge in [0.25, 0.3) is 0 Å². The molecule has 2 aromatic rings. The minimum Gasteiger partial charge on any atom is -0.458 e. The van der Waals surface area contributed by atoms with Crippen LogP contribution in [-0.2, 0) is 14.0 Å². The molecule has 32 heavy (non-hydrogen) atoms. The van der Waals surface area contributed by atoms with E-state index >= 15 is 0 Å². The van der Waals surface area contributed by atoms with E-state index < -0.39 is 18.0 Å². The van der Waals surface area contributed by atoms with E-state index in [1.54, 1.807) is 23.5 Å². The number of ether oxygens (including phenoxy) is 1. The second kappa shape index (κ2) is 10.8. The molecule has 0 saturated heterocycles. The Morgan fingerprint density at radius 1 is 0.812 bits per heavy atom. The fourth-order valence-electron chi connectivity index (χ4n) is 2.68. The topological polar surface area (TPSA) is 35.5 Å². The van der Waals surface area contributed by atoms with E-state index in [0.29, 0.717) is 13.0 Å². The van der Waals surface area contributed by atoms with Crippen LogP contribution < -0.4 is 0 Å². The van der Waals surface area contributed by atoms with Gasteiger partial charge in [-0.05, 0) is 63.2 Å². The fraction of sp³-hybridized carbons (Fsp3) is 0.500. The molecular formula is C26H38O3S2Si. The van der Waals surface area contributed by atoms with Crippen molar-refractivity contribution in [1.29, 1.82) is 0 Å². The molecular weight excluding hydrogens is 453 g/mol. The average Bonchev–Trinajstić information content (AvgIpc) is 2.67. The van der Waals surface area contributed by atoms with Crippen molar-refractivity contribution in [2.24, 2.45) is 0 Å². The number of thioether (sulfide) groups is 2. The molecule has 0 fully saturated rings. The van der Waals surface area contributed by atoms with Crippen LogP contribution in [0, 0.1) is 0 Å². The molecule has 0 heterocycles. The fourth-order valence-corrected chi connectivity index (χ4v) is 6.44. The van der Waals surface area contributed by atoms with Crippen molar-refractivity contribution in [1.82, 2.24) is 0 Å². The summed E-state index contributed by atoms with van der Waals surface area (Å²) in [4.78, 5) is 15.8. The summed E-state index contributed by atoms with van der Waals surface area (Å²) in [6.07, 6.45) is 0.549. The summed E-state index contributed by atoms with van der Waals surface area (Å²) in [5, 5.41) is 0.112. The second-order valence-electron chi connectivity index (χ2n) is 10.4. The zero-order valence-electron chi connectivity index (χ0n) is 20.7. The first-order valence-corrected chi connectivity index (χ1v) is 15.6. The lowest BCUT2D eigenvalue weighted by molar-refractivity contribution is -0.155. The normalized spacial score (nSPS) is 13.1. The highest BCUT2D eigenvalue weighted by atomic mass is 32.2. The van der Waals surface area contributed by atoms with Crippen LogP contribution >= 0.6 is 23.5 Å². The molecule has 0 bridgehead atoms. The summed E-state index contributed by atoms with van der Waals surface area (Å²) in [5.41, 5.74) is -0.572. The van der Waals surface area contributed by atoms with E-state index in [2.05, 4.69) is 33.9 Å². The molecule has 0 atom stereocenters. The standard InChI is InChI=1S/C26H38O3S2Si/c1-24(2,3)29-23(27)26(30-21-15-11-9-12-16-21,31-22-17-13-10-14-18-22)19-20-28-32(7,8)25(4,5)6/h9-18H,19-20H2,1-8H3. The van der Waals surface area contributed by atoms with Gasteiger partial charge in [-0.1, -0.05) is 80.7 Å². The van der Waals surface area contributed by atoms with Gasteiger partial charge in [-0.25, -0.2) is 4.79 Å². The maximum atomic E-state index is 13.7. The Morgan fingerprint density at radius 2 is 1.25 bits per heavy atom. The third-order valence-corrected chi connectivity index (χ3v) is 12.9. The van der Waals surface area contributed by atoms with Crippen molar-refractivity contribution < 1.29 is 14.0 Å². The van der Waals surface area contributed by atoms with Crippen LogP contribution in [0.1, 0.15) is 48.0 Å². The Bertz CT molecular complexity index is 815. The summed E-state index contributed by atoms with van der Waals surface area (Å²) in [7, 11) is -1.94. The highest BCUT2D eigenvalue weighted by molar-refractivity contribution is 8.19. The molecule has 2 rings (SSSR count). The quantitative estimate of drug-likeness (QED) is 0.154. The number of hydrogen-bond donors (Lipinski definition) is 0. The van der Waals surface area contributed by atoms with Crippen LogP contribution in [0.15, 0.2) is 70.5 Å². The van der Waals surface area contributed by atoms with Crippen molar-refractivity contribution >= 4 is 37.8 Å². The highest BCUT2D eigenvalue weighted by Crippen LogP contribution is 2.50. The molecule has 0 aliphatic rings. The van der Waals surface area contributed by atoms with Crippen molar-refractivity contribution in [2.45, 2.75) is 85.6 Å². The molecule has 2 aromatic carbocycles. The Balaban J connectivity index is 2.42. The van der Waals surface area contributed by atoms with Gasteiger partial charge in [-0.15, -0.1) is 0 Å². The third kappa shape index (κ3) is 7.98. The van der Waals surface area contributed by atoms with E-state index in [0.717, 1.165) is 9.79 Å². The first-order chi connectivity index (χ1) is 14.7. The average molecular weight is 491 g/mol. The maximum Gasteiger partial charge on any atom is 0.333 e. The first-order valence-electron chi connectivity index (χ1n) is 11.1. The van der Waals surface area contributed by atoms with E-state index in [1.165, 1.54) is 0 Å². The summed E-state index contributed by atoms with van der Waals surface area (Å²) in [5.74, 6) is -0.216. The minimum atomic E-state index is -1.94. The van der Waals surface area contributed by atoms with Crippen molar-refractivity contribution in [3.63, 3.8) is 0 Å². The first kappa shape index (κ1) is 27.0. The molecule has 3 nitrogen and oxygen atoms in total. The Hall–Kier alpha value is -1.21. The van der Waals surface area contributed by atoms with Gasteiger partial charge in [0.1, 0.15) is 5.60 Å². The lowest BCUT2D eigenvalue weighted by Crippen LogP contribution is -2.44. The van der Waals surface area contributed by atoms with Gasteiger partial charge in [-0.3, -0.25) is 0 Å². The van der Waals surface area contributed by atoms with Crippen molar-refractivity contribution in [2.75, 3.05) is 6.61 Å². The highest BCUT2D eigenvalue weighted by Gasteiger charge is 2.45. The summed E-state index contributed by atoms with van der Waals surface area (Å²) < 4.78 is 11.6. The number of carbonyl (C=O) groups is 1. The summed E-state index contributed by atoms with van der Waals surface area (Å²) in [6.45, 7) is 17.5. The Morgan fingerprint density at radius 3 is 1.62 bits per heavy atom. The molecule has 0 N–H and O–H groups in total. The van der Waals surface area contributed by atoms with E-state index in [9.17, 15) is 4.79 Å². The number of rotatable bonds is 9. The zero-order valence-corrected chi connectivity index (χ0v) is 23.4. The molecule has 176 valence electrons. The molecule has 0 amide bonds. The van der Waals surface area contributed by atoms with Crippen LogP contribution in [0.4, 0.5) is 0 Å².